The van der Waals surface area contributed by atoms with E-state index in [-0.39, 0.29) is 0 Å². The Balaban J connectivity index is 2.27. The zero-order valence-corrected chi connectivity index (χ0v) is 22.4. The van der Waals surface area contributed by atoms with Gasteiger partial charge in [-0.1, -0.05) is 0 Å². The Bertz CT molecular complexity index is 689. The second kappa shape index (κ2) is 8.22. The monoisotopic (exact) mass is 712 g/mol. The van der Waals surface area contributed by atoms with Gasteiger partial charge >= 0.3 is 8.56 Å². The van der Waals surface area contributed by atoms with Crippen molar-refractivity contribution in [1.82, 2.24) is 0 Å². The molecule has 0 aliphatic heterocycles. The molecule has 0 aliphatic rings. The molecule has 0 heterocycles. The molecule has 0 fully saturated rings. The Morgan fingerprint density at radius 2 is 0.957 bits per heavy atom. The Hall–Kier alpha value is 1.14. The van der Waals surface area contributed by atoms with Crippen LogP contribution in [0, 0.1) is 0 Å². The van der Waals surface area contributed by atoms with Crippen molar-refractivity contribution in [2.24, 2.45) is 0 Å². The molecule has 0 aromatic heterocycles. The van der Waals surface area contributed by atoms with E-state index in [1.165, 1.54) is 0 Å². The normalized spacial score (nSPS) is 11.5. The van der Waals surface area contributed by atoms with Crippen LogP contribution in [0.4, 0.5) is 0 Å². The van der Waals surface area contributed by atoms with E-state index in [0.717, 1.165) is 38.3 Å². The van der Waals surface area contributed by atoms with Crippen LogP contribution in [0.1, 0.15) is 0 Å². The fourth-order valence-corrected chi connectivity index (χ4v) is 6.17. The number of rotatable bonds is 4. The minimum atomic E-state index is -2.46. The van der Waals surface area contributed by atoms with Crippen molar-refractivity contribution >= 4 is 104 Å². The topological polar surface area (TPSA) is 18.5 Å². The van der Waals surface area contributed by atoms with Crippen molar-refractivity contribution in [2.45, 2.75) is 13.1 Å². The molecule has 0 saturated carbocycles. The van der Waals surface area contributed by atoms with E-state index in [0.29, 0.717) is 0 Å². The van der Waals surface area contributed by atoms with Gasteiger partial charge in [0.2, 0.25) is 0 Å². The molecule has 0 bridgehead atoms. The summed E-state index contributed by atoms with van der Waals surface area (Å²) >= 11 is 21.1. The van der Waals surface area contributed by atoms with Crippen molar-refractivity contribution in [1.29, 1.82) is 0 Å². The Kier molecular flexibility index (Phi) is 7.31. The molecular formula is C14H10Br6O2Si. The highest BCUT2D eigenvalue weighted by Crippen LogP contribution is 2.41. The zero-order valence-electron chi connectivity index (χ0n) is 11.9. The van der Waals surface area contributed by atoms with E-state index in [1.54, 1.807) is 0 Å². The maximum absolute atomic E-state index is 6.17. The van der Waals surface area contributed by atoms with Crippen LogP contribution in [0.25, 0.3) is 0 Å². The second-order valence-corrected chi connectivity index (χ2v) is 13.0. The van der Waals surface area contributed by atoms with Gasteiger partial charge in [0.05, 0.1) is 8.95 Å². The van der Waals surface area contributed by atoms with E-state index in [2.05, 4.69) is 95.6 Å². The third kappa shape index (κ3) is 5.07. The number of halogens is 6. The van der Waals surface area contributed by atoms with Gasteiger partial charge in [-0.15, -0.1) is 0 Å². The smallest absolute Gasteiger partial charge is 0.454 e. The minimum absolute atomic E-state index is 0.740. The van der Waals surface area contributed by atoms with Gasteiger partial charge in [0.1, 0.15) is 11.5 Å². The van der Waals surface area contributed by atoms with Crippen LogP contribution in [-0.2, 0) is 0 Å². The van der Waals surface area contributed by atoms with Gasteiger partial charge in [-0.2, -0.15) is 0 Å². The molecule has 0 unspecified atom stereocenters. The first-order chi connectivity index (χ1) is 10.6. The molecule has 0 atom stereocenters. The molecule has 9 heteroatoms. The molecule has 0 spiro atoms. The molecule has 0 saturated heterocycles. The summed E-state index contributed by atoms with van der Waals surface area (Å²) in [5.41, 5.74) is 0. The number of hydrogen-bond acceptors (Lipinski definition) is 2. The maximum atomic E-state index is 6.17. The molecule has 0 aliphatic carbocycles. The van der Waals surface area contributed by atoms with E-state index < -0.39 is 8.56 Å². The molecule has 0 amide bonds. The van der Waals surface area contributed by atoms with Crippen molar-refractivity contribution in [3.05, 3.63) is 51.1 Å². The van der Waals surface area contributed by atoms with Crippen LogP contribution in [-0.4, -0.2) is 8.56 Å². The first-order valence-electron chi connectivity index (χ1n) is 6.27. The van der Waals surface area contributed by atoms with E-state index >= 15 is 0 Å². The van der Waals surface area contributed by atoms with E-state index in [1.807, 2.05) is 37.4 Å². The van der Waals surface area contributed by atoms with Gasteiger partial charge in [0.15, 0.2) is 0 Å². The lowest BCUT2D eigenvalue weighted by molar-refractivity contribution is 0.396. The highest BCUT2D eigenvalue weighted by molar-refractivity contribution is 9.15. The predicted octanol–water partition coefficient (Wildman–Crippen LogP) is 8.42. The van der Waals surface area contributed by atoms with Crippen LogP contribution < -0.4 is 8.85 Å². The number of hydrogen-bond donors (Lipinski definition) is 0. The molecule has 0 N–H and O–H groups in total. The summed E-state index contributed by atoms with van der Waals surface area (Å²) in [6.45, 7) is 4.00. The molecule has 2 aromatic carbocycles. The van der Waals surface area contributed by atoms with Crippen LogP contribution in [0.3, 0.4) is 0 Å². The Morgan fingerprint density at radius 3 is 1.30 bits per heavy atom. The summed E-state index contributed by atoms with van der Waals surface area (Å²) in [6, 6.07) is 7.68. The first kappa shape index (κ1) is 20.4. The molecule has 0 radical (unpaired) electrons. The van der Waals surface area contributed by atoms with Crippen molar-refractivity contribution in [3.63, 3.8) is 0 Å². The average molecular weight is 718 g/mol. The molecule has 2 rings (SSSR count). The predicted molar refractivity (Wildman–Crippen MR) is 118 cm³/mol. The summed E-state index contributed by atoms with van der Waals surface area (Å²) in [4.78, 5) is 0. The molecule has 124 valence electrons. The molecular weight excluding hydrogens is 708 g/mol. The lowest BCUT2D eigenvalue weighted by atomic mass is 10.3. The summed E-state index contributed by atoms with van der Waals surface area (Å²) < 4.78 is 17.8. The second-order valence-electron chi connectivity index (χ2n) is 4.95. The molecule has 23 heavy (non-hydrogen) atoms. The van der Waals surface area contributed by atoms with E-state index in [4.69, 9.17) is 8.85 Å². The maximum Gasteiger partial charge on any atom is 0.454 e. The van der Waals surface area contributed by atoms with Gasteiger partial charge in [-0.3, -0.25) is 0 Å². The summed E-state index contributed by atoms with van der Waals surface area (Å²) in [5, 5.41) is 0. The number of benzene rings is 2. The van der Waals surface area contributed by atoms with Crippen LogP contribution in [0.2, 0.25) is 13.1 Å². The third-order valence-corrected chi connectivity index (χ3v) is 10.8. The quantitative estimate of drug-likeness (QED) is 0.234. The Morgan fingerprint density at radius 1 is 0.609 bits per heavy atom. The standard InChI is InChI=1S/C14H10Br6O2Si/c1-23(2,21-9-5-3-7(15)11(17)13(9)19)22-10-6-4-8(16)12(18)14(10)20/h3-6H,1-2H3. The Labute approximate surface area is 186 Å². The fourth-order valence-electron chi connectivity index (χ4n) is 1.72. The van der Waals surface area contributed by atoms with Crippen molar-refractivity contribution in [3.8, 4) is 11.5 Å². The van der Waals surface area contributed by atoms with Crippen LogP contribution >= 0.6 is 95.6 Å². The molecule has 2 aromatic rings. The lowest BCUT2D eigenvalue weighted by Crippen LogP contribution is -2.42. The zero-order chi connectivity index (χ0) is 17.4. The first-order valence-corrected chi connectivity index (χ1v) is 13.8. The average Bonchev–Trinajstić information content (AvgIpc) is 2.48. The van der Waals surface area contributed by atoms with Crippen molar-refractivity contribution < 1.29 is 8.85 Å². The van der Waals surface area contributed by atoms with Crippen LogP contribution in [0.15, 0.2) is 51.1 Å². The third-order valence-electron chi connectivity index (χ3n) is 2.71. The van der Waals surface area contributed by atoms with Gasteiger partial charge in [-0.25, -0.2) is 0 Å². The van der Waals surface area contributed by atoms with Crippen molar-refractivity contribution in [2.75, 3.05) is 0 Å². The van der Waals surface area contributed by atoms with Gasteiger partial charge < -0.3 is 8.85 Å². The van der Waals surface area contributed by atoms with Gasteiger partial charge in [-0.05, 0) is 120 Å². The largest absolute Gasteiger partial charge is 0.511 e. The summed E-state index contributed by atoms with van der Waals surface area (Å²) in [6.07, 6.45) is 0. The summed E-state index contributed by atoms with van der Waals surface area (Å²) in [5.74, 6) is 1.48. The van der Waals surface area contributed by atoms with E-state index in [9.17, 15) is 0 Å². The molecule has 2 nitrogen and oxygen atoms in total. The fraction of sp³-hybridized carbons (Fsp3) is 0.143. The SMILES string of the molecule is C[Si](C)(Oc1ccc(Br)c(Br)c1Br)Oc1ccc(Br)c(Br)c1Br. The van der Waals surface area contributed by atoms with Gasteiger partial charge in [0, 0.05) is 31.0 Å². The van der Waals surface area contributed by atoms with Gasteiger partial charge in [0.25, 0.3) is 0 Å². The lowest BCUT2D eigenvalue weighted by Gasteiger charge is -2.26. The highest BCUT2D eigenvalue weighted by atomic mass is 79.9. The highest BCUT2D eigenvalue weighted by Gasteiger charge is 2.31. The summed E-state index contributed by atoms with van der Waals surface area (Å²) in [7, 11) is -2.46. The minimum Gasteiger partial charge on any atom is -0.511 e. The van der Waals surface area contributed by atoms with Crippen LogP contribution in [0.5, 0.6) is 11.5 Å².